The minimum Gasteiger partial charge on any atom is -0.484 e. The molecule has 0 saturated heterocycles. The maximum Gasteiger partial charge on any atom is 0.326 e. The van der Waals surface area contributed by atoms with Crippen LogP contribution in [0.1, 0.15) is 12.8 Å². The summed E-state index contributed by atoms with van der Waals surface area (Å²) in [5, 5.41) is 12.0. The van der Waals surface area contributed by atoms with Crippen molar-refractivity contribution in [3.8, 4) is 5.75 Å². The van der Waals surface area contributed by atoms with Crippen LogP contribution < -0.4 is 10.1 Å². The Morgan fingerprint density at radius 2 is 2.00 bits per heavy atom. The predicted molar refractivity (Wildman–Crippen MR) is 69.2 cm³/mol. The van der Waals surface area contributed by atoms with Gasteiger partial charge in [-0.2, -0.15) is 0 Å². The third-order valence-corrected chi connectivity index (χ3v) is 3.11. The molecule has 2 rings (SSSR count). The normalized spacial score (nSPS) is 15.6. The molecule has 1 unspecified atom stereocenters. The molecule has 1 aromatic rings. The van der Waals surface area contributed by atoms with Crippen LogP contribution in [0.4, 0.5) is 0 Å². The largest absolute Gasteiger partial charge is 0.484 e. The van der Waals surface area contributed by atoms with Crippen LogP contribution in [0, 0.1) is 5.92 Å². The van der Waals surface area contributed by atoms with E-state index >= 15 is 0 Å². The van der Waals surface area contributed by atoms with Crippen molar-refractivity contribution in [3.63, 3.8) is 0 Å². The first-order chi connectivity index (χ1) is 9.06. The summed E-state index contributed by atoms with van der Waals surface area (Å²) in [6.07, 6.45) is 1.69. The Morgan fingerprint density at radius 1 is 1.37 bits per heavy atom. The fourth-order valence-corrected chi connectivity index (χ4v) is 1.83. The lowest BCUT2D eigenvalue weighted by Crippen LogP contribution is -2.44. The Bertz CT molecular complexity index is 470. The molecule has 1 aromatic carbocycles. The van der Waals surface area contributed by atoms with Crippen molar-refractivity contribution in [2.45, 2.75) is 18.9 Å². The predicted octanol–water partition coefficient (Wildman–Crippen LogP) is 1.70. The average molecular weight is 284 g/mol. The van der Waals surface area contributed by atoms with Gasteiger partial charge in [-0.1, -0.05) is 11.6 Å². The minimum absolute atomic E-state index is 0.0528. The smallest absolute Gasteiger partial charge is 0.326 e. The zero-order valence-electron chi connectivity index (χ0n) is 10.1. The van der Waals surface area contributed by atoms with Gasteiger partial charge in [-0.15, -0.1) is 0 Å². The molecule has 6 heteroatoms. The number of carboxylic acids is 1. The Hall–Kier alpha value is -1.75. The number of halogens is 1. The maximum atomic E-state index is 11.6. The molecule has 1 amide bonds. The third-order valence-electron chi connectivity index (χ3n) is 2.86. The van der Waals surface area contributed by atoms with Crippen LogP contribution in [0.25, 0.3) is 0 Å². The molecule has 0 radical (unpaired) electrons. The fourth-order valence-electron chi connectivity index (χ4n) is 1.71. The van der Waals surface area contributed by atoms with Crippen molar-refractivity contribution in [1.82, 2.24) is 5.32 Å². The van der Waals surface area contributed by atoms with Crippen LogP contribution >= 0.6 is 11.6 Å². The Labute approximate surface area is 115 Å². The highest BCUT2D eigenvalue weighted by Gasteiger charge is 2.37. The van der Waals surface area contributed by atoms with Crippen molar-refractivity contribution >= 4 is 23.5 Å². The Kier molecular flexibility index (Phi) is 4.27. The Morgan fingerprint density at radius 3 is 2.53 bits per heavy atom. The molecule has 1 fully saturated rings. The summed E-state index contributed by atoms with van der Waals surface area (Å²) in [5.74, 6) is -0.869. The first kappa shape index (κ1) is 13.7. The van der Waals surface area contributed by atoms with Crippen molar-refractivity contribution in [2.24, 2.45) is 5.92 Å². The van der Waals surface area contributed by atoms with Gasteiger partial charge in [0.15, 0.2) is 6.61 Å². The van der Waals surface area contributed by atoms with Gasteiger partial charge >= 0.3 is 5.97 Å². The van der Waals surface area contributed by atoms with Crippen LogP contribution in [0.2, 0.25) is 5.02 Å². The molecule has 5 nitrogen and oxygen atoms in total. The lowest BCUT2D eigenvalue weighted by Gasteiger charge is -2.13. The summed E-state index contributed by atoms with van der Waals surface area (Å²) >= 11 is 5.72. The zero-order chi connectivity index (χ0) is 13.8. The van der Waals surface area contributed by atoms with Gasteiger partial charge in [0.2, 0.25) is 0 Å². The van der Waals surface area contributed by atoms with Gasteiger partial charge in [-0.05, 0) is 43.0 Å². The second kappa shape index (κ2) is 5.93. The molecule has 2 N–H and O–H groups in total. The summed E-state index contributed by atoms with van der Waals surface area (Å²) in [5.41, 5.74) is 0. The topological polar surface area (TPSA) is 75.6 Å². The van der Waals surface area contributed by atoms with Crippen molar-refractivity contribution in [2.75, 3.05) is 6.61 Å². The lowest BCUT2D eigenvalue weighted by molar-refractivity contribution is -0.142. The van der Waals surface area contributed by atoms with Gasteiger partial charge in [-0.25, -0.2) is 4.79 Å². The molecule has 0 aliphatic heterocycles. The molecule has 0 aromatic heterocycles. The molecule has 1 aliphatic rings. The summed E-state index contributed by atoms with van der Waals surface area (Å²) in [7, 11) is 0. The highest BCUT2D eigenvalue weighted by molar-refractivity contribution is 6.30. The molecule has 19 heavy (non-hydrogen) atoms. The standard InChI is InChI=1S/C13H14ClNO4/c14-9-3-5-10(6-4-9)19-7-11(16)15-12(13(17)18)8-1-2-8/h3-6,8,12H,1-2,7H2,(H,15,16)(H,17,18). The number of benzene rings is 1. The molecule has 1 atom stereocenters. The number of carboxylic acid groups (broad SMARTS) is 1. The van der Waals surface area contributed by atoms with E-state index in [4.69, 9.17) is 21.4 Å². The van der Waals surface area contributed by atoms with Crippen LogP contribution in [0.5, 0.6) is 5.75 Å². The van der Waals surface area contributed by atoms with Gasteiger partial charge in [0, 0.05) is 5.02 Å². The van der Waals surface area contributed by atoms with E-state index in [1.807, 2.05) is 0 Å². The van der Waals surface area contributed by atoms with Crippen molar-refractivity contribution in [1.29, 1.82) is 0 Å². The molecule has 1 aliphatic carbocycles. The minimum atomic E-state index is -0.998. The summed E-state index contributed by atoms with van der Waals surface area (Å²) < 4.78 is 5.24. The zero-order valence-corrected chi connectivity index (χ0v) is 10.9. The van der Waals surface area contributed by atoms with Gasteiger partial charge < -0.3 is 15.2 Å². The van der Waals surface area contributed by atoms with E-state index in [2.05, 4.69) is 5.32 Å². The quantitative estimate of drug-likeness (QED) is 0.833. The monoisotopic (exact) mass is 283 g/mol. The van der Waals surface area contributed by atoms with Crippen LogP contribution in [-0.4, -0.2) is 29.6 Å². The second-order valence-corrected chi connectivity index (χ2v) is 4.90. The van der Waals surface area contributed by atoms with E-state index in [1.54, 1.807) is 24.3 Å². The van der Waals surface area contributed by atoms with Crippen LogP contribution in [-0.2, 0) is 9.59 Å². The number of nitrogens with one attached hydrogen (secondary N) is 1. The molecule has 0 spiro atoms. The Balaban J connectivity index is 1.80. The lowest BCUT2D eigenvalue weighted by atomic mass is 10.2. The third kappa shape index (κ3) is 4.13. The van der Waals surface area contributed by atoms with E-state index < -0.39 is 17.9 Å². The van der Waals surface area contributed by atoms with Gasteiger partial charge in [0.25, 0.3) is 5.91 Å². The molecular formula is C13H14ClNO4. The number of hydrogen-bond acceptors (Lipinski definition) is 3. The van der Waals surface area contributed by atoms with E-state index in [0.717, 1.165) is 12.8 Å². The SMILES string of the molecule is O=C(COc1ccc(Cl)cc1)NC(C(=O)O)C1CC1. The summed E-state index contributed by atoms with van der Waals surface area (Å²) in [6, 6.07) is 5.79. The van der Waals surface area contributed by atoms with Gasteiger partial charge in [0.05, 0.1) is 0 Å². The van der Waals surface area contributed by atoms with Gasteiger partial charge in [0.1, 0.15) is 11.8 Å². The molecular weight excluding hydrogens is 270 g/mol. The molecule has 1 saturated carbocycles. The number of ether oxygens (including phenoxy) is 1. The number of hydrogen-bond donors (Lipinski definition) is 2. The highest BCUT2D eigenvalue weighted by atomic mass is 35.5. The average Bonchev–Trinajstić information content (AvgIpc) is 3.19. The summed E-state index contributed by atoms with van der Waals surface area (Å²) in [4.78, 5) is 22.6. The summed E-state index contributed by atoms with van der Waals surface area (Å²) in [6.45, 7) is -0.210. The van der Waals surface area contributed by atoms with Crippen LogP contribution in [0.3, 0.4) is 0 Å². The molecule has 0 bridgehead atoms. The maximum absolute atomic E-state index is 11.6. The first-order valence-electron chi connectivity index (χ1n) is 5.97. The second-order valence-electron chi connectivity index (χ2n) is 4.46. The molecule has 102 valence electrons. The number of carbonyl (C=O) groups is 2. The van der Waals surface area contributed by atoms with Crippen LogP contribution in [0.15, 0.2) is 24.3 Å². The molecule has 0 heterocycles. The van der Waals surface area contributed by atoms with Gasteiger partial charge in [-0.3, -0.25) is 4.79 Å². The van der Waals surface area contributed by atoms with E-state index in [0.29, 0.717) is 10.8 Å². The fraction of sp³-hybridized carbons (Fsp3) is 0.385. The number of rotatable bonds is 6. The van der Waals surface area contributed by atoms with Crippen molar-refractivity contribution in [3.05, 3.63) is 29.3 Å². The number of carbonyl (C=O) groups excluding carboxylic acids is 1. The van der Waals surface area contributed by atoms with E-state index in [1.165, 1.54) is 0 Å². The number of amides is 1. The highest BCUT2D eigenvalue weighted by Crippen LogP contribution is 2.32. The van der Waals surface area contributed by atoms with E-state index in [9.17, 15) is 9.59 Å². The van der Waals surface area contributed by atoms with Crippen molar-refractivity contribution < 1.29 is 19.4 Å². The number of aliphatic carboxylic acids is 1. The van der Waals surface area contributed by atoms with E-state index in [-0.39, 0.29) is 12.5 Å². The first-order valence-corrected chi connectivity index (χ1v) is 6.34.